The molecule has 0 aliphatic carbocycles. The molecule has 132 valence electrons. The van der Waals surface area contributed by atoms with Crippen molar-refractivity contribution in [1.29, 1.82) is 0 Å². The van der Waals surface area contributed by atoms with E-state index < -0.39 is 9.84 Å². The lowest BCUT2D eigenvalue weighted by Gasteiger charge is -2.33. The lowest BCUT2D eigenvalue weighted by atomic mass is 9.90. The van der Waals surface area contributed by atoms with Crippen molar-refractivity contribution in [2.45, 2.75) is 39.0 Å². The molecule has 2 saturated heterocycles. The van der Waals surface area contributed by atoms with Crippen LogP contribution in [0.25, 0.3) is 0 Å². The molecule has 2 aliphatic heterocycles. The Kier molecular flexibility index (Phi) is 5.28. The van der Waals surface area contributed by atoms with Crippen LogP contribution in [0.4, 0.5) is 0 Å². The van der Waals surface area contributed by atoms with Crippen molar-refractivity contribution in [2.24, 2.45) is 11.8 Å². The van der Waals surface area contributed by atoms with Crippen LogP contribution in [-0.2, 0) is 21.1 Å². The first-order chi connectivity index (χ1) is 11.4. The average molecular weight is 349 g/mol. The fourth-order valence-electron chi connectivity index (χ4n) is 3.82. The van der Waals surface area contributed by atoms with Gasteiger partial charge in [-0.05, 0) is 50.5 Å². The summed E-state index contributed by atoms with van der Waals surface area (Å²) in [6.45, 7) is 3.67. The Bertz CT molecular complexity index is 673. The molecule has 0 spiro atoms. The minimum absolute atomic E-state index is 0.0547. The Balaban J connectivity index is 1.44. The highest BCUT2D eigenvalue weighted by Crippen LogP contribution is 2.26. The predicted molar refractivity (Wildman–Crippen MR) is 95.6 cm³/mol. The molecule has 0 bridgehead atoms. The summed E-state index contributed by atoms with van der Waals surface area (Å²) in [5, 5.41) is 0. The largest absolute Gasteiger partial charge is 0.342 e. The first-order valence-electron chi connectivity index (χ1n) is 8.98. The van der Waals surface area contributed by atoms with E-state index in [1.54, 1.807) is 0 Å². The first kappa shape index (κ1) is 17.5. The van der Waals surface area contributed by atoms with Crippen LogP contribution in [0.5, 0.6) is 0 Å². The summed E-state index contributed by atoms with van der Waals surface area (Å²) in [4.78, 5) is 14.4. The van der Waals surface area contributed by atoms with Crippen LogP contribution >= 0.6 is 0 Å². The van der Waals surface area contributed by atoms with Crippen molar-refractivity contribution in [3.05, 3.63) is 35.4 Å². The van der Waals surface area contributed by atoms with Crippen molar-refractivity contribution in [2.75, 3.05) is 24.6 Å². The number of nitrogens with zero attached hydrogens (tertiary/aromatic N) is 1. The molecule has 2 heterocycles. The maximum absolute atomic E-state index is 12.5. The van der Waals surface area contributed by atoms with Gasteiger partial charge in [0.2, 0.25) is 5.91 Å². The Morgan fingerprint density at radius 2 is 1.79 bits per heavy atom. The lowest BCUT2D eigenvalue weighted by Crippen LogP contribution is -2.42. The maximum atomic E-state index is 12.5. The highest BCUT2D eigenvalue weighted by atomic mass is 32.2. The van der Waals surface area contributed by atoms with Crippen LogP contribution in [-0.4, -0.2) is 43.8 Å². The second-order valence-electron chi connectivity index (χ2n) is 7.39. The maximum Gasteiger partial charge on any atom is 0.226 e. The van der Waals surface area contributed by atoms with Gasteiger partial charge in [0, 0.05) is 13.1 Å². The Hall–Kier alpha value is -1.36. The van der Waals surface area contributed by atoms with E-state index in [9.17, 15) is 13.2 Å². The summed E-state index contributed by atoms with van der Waals surface area (Å²) < 4.78 is 23.1. The van der Waals surface area contributed by atoms with Gasteiger partial charge >= 0.3 is 0 Å². The van der Waals surface area contributed by atoms with Gasteiger partial charge in [-0.2, -0.15) is 0 Å². The van der Waals surface area contributed by atoms with E-state index in [0.717, 1.165) is 32.4 Å². The summed E-state index contributed by atoms with van der Waals surface area (Å²) in [5.74, 6) is 0.671. The van der Waals surface area contributed by atoms with E-state index in [0.29, 0.717) is 12.3 Å². The second kappa shape index (κ2) is 7.26. The summed E-state index contributed by atoms with van der Waals surface area (Å²) in [6, 6.07) is 8.72. The number of hydrogen-bond donors (Lipinski definition) is 0. The van der Waals surface area contributed by atoms with Gasteiger partial charge in [0.1, 0.15) is 0 Å². The van der Waals surface area contributed by atoms with Crippen molar-refractivity contribution in [3.8, 4) is 0 Å². The van der Waals surface area contributed by atoms with Crippen LogP contribution < -0.4 is 0 Å². The molecule has 3 rings (SSSR count). The Morgan fingerprint density at radius 3 is 2.38 bits per heavy atom. The van der Waals surface area contributed by atoms with Crippen molar-refractivity contribution in [3.63, 3.8) is 0 Å². The van der Waals surface area contributed by atoms with Crippen LogP contribution in [0.15, 0.2) is 24.3 Å². The molecule has 1 atom stereocenters. The number of likely N-dealkylation sites (tertiary alicyclic amines) is 1. The Morgan fingerprint density at radius 1 is 1.12 bits per heavy atom. The van der Waals surface area contributed by atoms with Gasteiger partial charge in [-0.25, -0.2) is 8.42 Å². The quantitative estimate of drug-likeness (QED) is 0.839. The van der Waals surface area contributed by atoms with Crippen molar-refractivity contribution < 1.29 is 13.2 Å². The number of carbonyl (C=O) groups is 1. The van der Waals surface area contributed by atoms with Gasteiger partial charge in [-0.15, -0.1) is 0 Å². The third-order valence-electron chi connectivity index (χ3n) is 5.47. The van der Waals surface area contributed by atoms with Crippen LogP contribution in [0.2, 0.25) is 0 Å². The van der Waals surface area contributed by atoms with Crippen molar-refractivity contribution >= 4 is 15.7 Å². The highest BCUT2D eigenvalue weighted by Gasteiger charge is 2.36. The summed E-state index contributed by atoms with van der Waals surface area (Å²) >= 11 is 0. The molecule has 1 aromatic carbocycles. The van der Waals surface area contributed by atoms with E-state index >= 15 is 0 Å². The molecule has 1 aromatic rings. The molecule has 5 heteroatoms. The van der Waals surface area contributed by atoms with E-state index in [4.69, 9.17) is 0 Å². The zero-order valence-electron chi connectivity index (χ0n) is 14.4. The molecule has 2 fully saturated rings. The summed E-state index contributed by atoms with van der Waals surface area (Å²) in [6.07, 6.45) is 4.85. The molecule has 4 nitrogen and oxygen atoms in total. The van der Waals surface area contributed by atoms with Gasteiger partial charge < -0.3 is 4.90 Å². The third-order valence-corrected chi connectivity index (χ3v) is 7.24. The molecule has 0 unspecified atom stereocenters. The third kappa shape index (κ3) is 4.38. The molecule has 1 amide bonds. The minimum atomic E-state index is -2.98. The SMILES string of the molecule is Cc1ccc(CCC2CCN(C(=O)[C@H]3CCS(=O)(=O)C3)CC2)cc1. The van der Waals surface area contributed by atoms with Gasteiger partial charge in [0.05, 0.1) is 17.4 Å². The van der Waals surface area contributed by atoms with Gasteiger partial charge in [0.15, 0.2) is 9.84 Å². The van der Waals surface area contributed by atoms with E-state index in [1.807, 2.05) is 4.90 Å². The van der Waals surface area contributed by atoms with Crippen molar-refractivity contribution in [1.82, 2.24) is 4.90 Å². The standard InChI is InChI=1S/C19H27NO3S/c1-15-2-4-16(5-3-15)6-7-17-8-11-20(12-9-17)19(21)18-10-13-24(22,23)14-18/h2-5,17-18H,6-14H2,1H3/t18-/m0/s1. The predicted octanol–water partition coefficient (Wildman–Crippen LogP) is 2.60. The minimum Gasteiger partial charge on any atom is -0.342 e. The van der Waals surface area contributed by atoms with Crippen LogP contribution in [0.1, 0.15) is 36.8 Å². The lowest BCUT2D eigenvalue weighted by molar-refractivity contribution is -0.136. The van der Waals surface area contributed by atoms with Gasteiger partial charge in [-0.3, -0.25) is 4.79 Å². The molecular weight excluding hydrogens is 322 g/mol. The first-order valence-corrected chi connectivity index (χ1v) is 10.8. The fourth-order valence-corrected chi connectivity index (χ4v) is 5.55. The summed E-state index contributed by atoms with van der Waals surface area (Å²) in [7, 11) is -2.98. The molecule has 2 aliphatic rings. The monoisotopic (exact) mass is 349 g/mol. The number of carbonyl (C=O) groups excluding carboxylic acids is 1. The molecule has 0 aromatic heterocycles. The van der Waals surface area contributed by atoms with Crippen LogP contribution in [0, 0.1) is 18.8 Å². The highest BCUT2D eigenvalue weighted by molar-refractivity contribution is 7.91. The molecule has 0 radical (unpaired) electrons. The smallest absolute Gasteiger partial charge is 0.226 e. The van der Waals surface area contributed by atoms with E-state index in [-0.39, 0.29) is 23.3 Å². The number of rotatable bonds is 4. The molecule has 0 N–H and O–H groups in total. The number of piperidine rings is 1. The Labute approximate surface area is 145 Å². The fraction of sp³-hybridized carbons (Fsp3) is 0.632. The van der Waals surface area contributed by atoms with E-state index in [2.05, 4.69) is 31.2 Å². The average Bonchev–Trinajstić information content (AvgIpc) is 2.94. The number of sulfone groups is 1. The van der Waals surface area contributed by atoms with Gasteiger partial charge in [0.25, 0.3) is 0 Å². The normalized spacial score (nSPS) is 24.2. The number of aryl methyl sites for hydroxylation is 2. The molecular formula is C19H27NO3S. The second-order valence-corrected chi connectivity index (χ2v) is 9.62. The zero-order valence-corrected chi connectivity index (χ0v) is 15.2. The van der Waals surface area contributed by atoms with E-state index in [1.165, 1.54) is 17.5 Å². The zero-order chi connectivity index (χ0) is 17.2. The topological polar surface area (TPSA) is 54.5 Å². The number of hydrogen-bond acceptors (Lipinski definition) is 3. The van der Waals surface area contributed by atoms with Gasteiger partial charge in [-0.1, -0.05) is 29.8 Å². The summed E-state index contributed by atoms with van der Waals surface area (Å²) in [5.41, 5.74) is 2.68. The molecule has 0 saturated carbocycles. The number of benzene rings is 1. The molecule has 24 heavy (non-hydrogen) atoms. The number of amides is 1. The van der Waals surface area contributed by atoms with Crippen LogP contribution in [0.3, 0.4) is 0 Å².